The molecule has 1 heterocycles. The Bertz CT molecular complexity index is 1640. The first-order valence-corrected chi connectivity index (χ1v) is 13.3. The van der Waals surface area contributed by atoms with Crippen LogP contribution in [0, 0.1) is 5.82 Å². The molecule has 0 saturated heterocycles. The van der Waals surface area contributed by atoms with E-state index >= 15 is 0 Å². The maximum atomic E-state index is 14.1. The van der Waals surface area contributed by atoms with Crippen molar-refractivity contribution in [3.63, 3.8) is 0 Å². The maximum absolute atomic E-state index is 14.1. The minimum atomic E-state index is -1.24. The summed E-state index contributed by atoms with van der Waals surface area (Å²) < 4.78 is 19.1. The van der Waals surface area contributed by atoms with Gasteiger partial charge in [0.2, 0.25) is 5.91 Å². The molecule has 10 heteroatoms. The van der Waals surface area contributed by atoms with Gasteiger partial charge in [-0.1, -0.05) is 48.0 Å². The normalized spacial score (nSPS) is 13.0. The van der Waals surface area contributed by atoms with E-state index < -0.39 is 41.9 Å². The van der Waals surface area contributed by atoms with Crippen molar-refractivity contribution in [1.82, 2.24) is 4.90 Å². The van der Waals surface area contributed by atoms with Gasteiger partial charge in [0.05, 0.1) is 18.4 Å². The molecule has 0 aromatic heterocycles. The number of hydrogen-bond donors (Lipinski definition) is 1. The summed E-state index contributed by atoms with van der Waals surface area (Å²) in [6.07, 6.45) is 0. The molecule has 0 spiro atoms. The number of carbonyl (C=O) groups is 4. The van der Waals surface area contributed by atoms with E-state index in [9.17, 15) is 23.6 Å². The molecule has 0 fully saturated rings. The fourth-order valence-corrected chi connectivity index (χ4v) is 4.87. The molecular formula is C32H25ClFN3O5. The van der Waals surface area contributed by atoms with E-state index in [2.05, 4.69) is 5.32 Å². The summed E-state index contributed by atoms with van der Waals surface area (Å²) in [7, 11) is 1.52. The Labute approximate surface area is 246 Å². The molecular weight excluding hydrogens is 561 g/mol. The van der Waals surface area contributed by atoms with Gasteiger partial charge in [-0.15, -0.1) is 0 Å². The van der Waals surface area contributed by atoms with Gasteiger partial charge < -0.3 is 15.0 Å². The van der Waals surface area contributed by atoms with E-state index in [1.807, 2.05) is 0 Å². The molecule has 3 amide bonds. The smallest absolute Gasteiger partial charge is 0.299 e. The number of rotatable bonds is 9. The van der Waals surface area contributed by atoms with Gasteiger partial charge in [-0.3, -0.25) is 24.1 Å². The average molecular weight is 586 g/mol. The van der Waals surface area contributed by atoms with Gasteiger partial charge in [-0.2, -0.15) is 0 Å². The zero-order valence-electron chi connectivity index (χ0n) is 22.4. The van der Waals surface area contributed by atoms with Crippen molar-refractivity contribution >= 4 is 46.5 Å². The summed E-state index contributed by atoms with van der Waals surface area (Å²) in [4.78, 5) is 55.9. The van der Waals surface area contributed by atoms with E-state index in [0.29, 0.717) is 33.3 Å². The number of nitrogens with zero attached hydrogens (tertiary/aromatic N) is 2. The van der Waals surface area contributed by atoms with Gasteiger partial charge in [-0.05, 0) is 71.8 Å². The Morgan fingerprint density at radius 2 is 1.60 bits per heavy atom. The van der Waals surface area contributed by atoms with Crippen LogP contribution >= 0.6 is 11.6 Å². The molecule has 0 bridgehead atoms. The molecule has 1 aliphatic rings. The molecule has 1 N–H and O–H groups in total. The number of para-hydroxylation sites is 1. The molecule has 0 unspecified atom stereocenters. The van der Waals surface area contributed by atoms with E-state index in [1.54, 1.807) is 66.7 Å². The highest BCUT2D eigenvalue weighted by Crippen LogP contribution is 2.31. The lowest BCUT2D eigenvalue weighted by Crippen LogP contribution is -2.46. The number of ketones is 1. The zero-order chi connectivity index (χ0) is 29.8. The van der Waals surface area contributed by atoms with Crippen LogP contribution < -0.4 is 15.0 Å². The van der Waals surface area contributed by atoms with Crippen LogP contribution in [0.25, 0.3) is 0 Å². The highest BCUT2D eigenvalue weighted by atomic mass is 35.5. The van der Waals surface area contributed by atoms with Crippen molar-refractivity contribution in [3.05, 3.63) is 125 Å². The van der Waals surface area contributed by atoms with Gasteiger partial charge in [0.25, 0.3) is 17.6 Å². The highest BCUT2D eigenvalue weighted by Gasteiger charge is 2.39. The van der Waals surface area contributed by atoms with Crippen molar-refractivity contribution in [3.8, 4) is 5.75 Å². The first-order valence-electron chi connectivity index (χ1n) is 12.9. The number of amides is 3. The standard InChI is InChI=1S/C32H25ClFN3O5/c1-42-25-16-14-24(15-17-25)35-31(40)29(21-8-12-23(34)13-9-21)37(18-20-6-10-22(33)11-7-20)28(38)19-36-27-5-3-2-4-26(27)30(39)32(36)41/h2-17,29H,18-19H2,1H3,(H,35,40)/t29-/m0/s1. The van der Waals surface area contributed by atoms with E-state index in [-0.39, 0.29) is 12.1 Å². The second kappa shape index (κ2) is 12.2. The van der Waals surface area contributed by atoms with Crippen LogP contribution in [0.5, 0.6) is 5.75 Å². The summed E-state index contributed by atoms with van der Waals surface area (Å²) in [5.41, 5.74) is 1.96. The summed E-state index contributed by atoms with van der Waals surface area (Å²) in [5, 5.41) is 3.31. The second-order valence-corrected chi connectivity index (χ2v) is 9.99. The summed E-state index contributed by atoms with van der Waals surface area (Å²) in [6.45, 7) is -0.547. The van der Waals surface area contributed by atoms with E-state index in [4.69, 9.17) is 16.3 Å². The monoisotopic (exact) mass is 585 g/mol. The lowest BCUT2D eigenvalue weighted by Gasteiger charge is -2.33. The molecule has 5 rings (SSSR count). The average Bonchev–Trinajstić information content (AvgIpc) is 3.24. The van der Waals surface area contributed by atoms with Crippen LogP contribution in [-0.2, 0) is 20.9 Å². The summed E-state index contributed by atoms with van der Waals surface area (Å²) in [6, 6.07) is 23.8. The number of ether oxygens (including phenoxy) is 1. The van der Waals surface area contributed by atoms with Crippen LogP contribution in [0.1, 0.15) is 27.5 Å². The van der Waals surface area contributed by atoms with Crippen LogP contribution in [0.4, 0.5) is 15.8 Å². The summed E-state index contributed by atoms with van der Waals surface area (Å²) >= 11 is 6.07. The lowest BCUT2D eigenvalue weighted by atomic mass is 10.0. The third-order valence-corrected chi connectivity index (χ3v) is 7.11. The van der Waals surface area contributed by atoms with Crippen molar-refractivity contribution in [2.75, 3.05) is 23.9 Å². The molecule has 1 aliphatic heterocycles. The van der Waals surface area contributed by atoms with Crippen LogP contribution in [0.2, 0.25) is 5.02 Å². The van der Waals surface area contributed by atoms with Crippen molar-refractivity contribution < 1.29 is 28.3 Å². The topological polar surface area (TPSA) is 96.0 Å². The maximum Gasteiger partial charge on any atom is 0.299 e. The molecule has 42 heavy (non-hydrogen) atoms. The molecule has 212 valence electrons. The number of nitrogens with one attached hydrogen (secondary N) is 1. The fourth-order valence-electron chi connectivity index (χ4n) is 4.74. The van der Waals surface area contributed by atoms with Gasteiger partial charge in [0, 0.05) is 17.3 Å². The molecule has 8 nitrogen and oxygen atoms in total. The number of halogens is 2. The van der Waals surface area contributed by atoms with Crippen LogP contribution in [0.15, 0.2) is 97.1 Å². The SMILES string of the molecule is COc1ccc(NC(=O)[C@H](c2ccc(F)cc2)N(Cc2ccc(Cl)cc2)C(=O)CN2C(=O)C(=O)c3ccccc32)cc1. The number of anilines is 2. The molecule has 4 aromatic carbocycles. The quantitative estimate of drug-likeness (QED) is 0.264. The number of Topliss-reactive ketones (excluding diaryl/α,β-unsaturated/α-hetero) is 1. The third kappa shape index (κ3) is 6.01. The third-order valence-electron chi connectivity index (χ3n) is 6.86. The Morgan fingerprint density at radius 1 is 0.929 bits per heavy atom. The molecule has 4 aromatic rings. The zero-order valence-corrected chi connectivity index (χ0v) is 23.2. The Hall–Kier alpha value is -5.02. The first kappa shape index (κ1) is 28.5. The number of fused-ring (bicyclic) bond motifs is 1. The van der Waals surface area contributed by atoms with Gasteiger partial charge in [-0.25, -0.2) is 4.39 Å². The predicted molar refractivity (Wildman–Crippen MR) is 156 cm³/mol. The molecule has 0 saturated carbocycles. The van der Waals surface area contributed by atoms with Crippen molar-refractivity contribution in [2.45, 2.75) is 12.6 Å². The van der Waals surface area contributed by atoms with E-state index in [0.717, 1.165) is 4.90 Å². The van der Waals surface area contributed by atoms with E-state index in [1.165, 1.54) is 42.3 Å². The first-order chi connectivity index (χ1) is 20.2. The van der Waals surface area contributed by atoms with Crippen molar-refractivity contribution in [1.29, 1.82) is 0 Å². The number of carbonyl (C=O) groups excluding carboxylic acids is 4. The second-order valence-electron chi connectivity index (χ2n) is 9.56. The predicted octanol–water partition coefficient (Wildman–Crippen LogP) is 5.43. The fraction of sp³-hybridized carbons (Fsp3) is 0.125. The van der Waals surface area contributed by atoms with Gasteiger partial charge >= 0.3 is 0 Å². The molecule has 0 radical (unpaired) electrons. The Balaban J connectivity index is 1.54. The van der Waals surface area contributed by atoms with Gasteiger partial charge in [0.15, 0.2) is 0 Å². The minimum absolute atomic E-state index is 0.0499. The largest absolute Gasteiger partial charge is 0.497 e. The summed E-state index contributed by atoms with van der Waals surface area (Å²) in [5.74, 6) is -2.65. The van der Waals surface area contributed by atoms with Crippen molar-refractivity contribution in [2.24, 2.45) is 0 Å². The van der Waals surface area contributed by atoms with Crippen LogP contribution in [0.3, 0.4) is 0 Å². The number of hydrogen-bond acceptors (Lipinski definition) is 5. The van der Waals surface area contributed by atoms with Gasteiger partial charge in [0.1, 0.15) is 24.2 Å². The molecule has 1 atom stereocenters. The highest BCUT2D eigenvalue weighted by molar-refractivity contribution is 6.52. The minimum Gasteiger partial charge on any atom is -0.497 e. The Morgan fingerprint density at radius 3 is 2.26 bits per heavy atom. The molecule has 0 aliphatic carbocycles. The van der Waals surface area contributed by atoms with Crippen LogP contribution in [-0.4, -0.2) is 42.1 Å². The Kier molecular flexibility index (Phi) is 8.31. The lowest BCUT2D eigenvalue weighted by molar-refractivity contribution is -0.139. The number of benzene rings is 4. The number of methoxy groups -OCH3 is 1.